The minimum atomic E-state index is -1.68. The van der Waals surface area contributed by atoms with Crippen LogP contribution in [0.1, 0.15) is 23.2 Å². The lowest BCUT2D eigenvalue weighted by molar-refractivity contribution is 0.102. The Hall–Kier alpha value is -2.32. The van der Waals surface area contributed by atoms with Gasteiger partial charge in [0.1, 0.15) is 11.6 Å². The molecule has 1 saturated heterocycles. The van der Waals surface area contributed by atoms with Crippen molar-refractivity contribution in [2.45, 2.75) is 18.9 Å². The Morgan fingerprint density at radius 1 is 1.07 bits per heavy atom. The van der Waals surface area contributed by atoms with Gasteiger partial charge >= 0.3 is 0 Å². The summed E-state index contributed by atoms with van der Waals surface area (Å²) in [7, 11) is 2.07. The van der Waals surface area contributed by atoms with Crippen LogP contribution in [0.2, 0.25) is 0 Å². The normalized spacial score (nSPS) is 15.1. The predicted octanol–water partition coefficient (Wildman–Crippen LogP) is 3.68. The predicted molar refractivity (Wildman–Crippen MR) is 99.9 cm³/mol. The van der Waals surface area contributed by atoms with Crippen molar-refractivity contribution in [3.05, 3.63) is 53.3 Å². The lowest BCUT2D eigenvalue weighted by atomic mass is 10.1. The largest absolute Gasteiger partial charge is 0.367 e. The van der Waals surface area contributed by atoms with Gasteiger partial charge in [-0.2, -0.15) is 0 Å². The van der Waals surface area contributed by atoms with E-state index in [4.69, 9.17) is 0 Å². The second kappa shape index (κ2) is 9.05. The minimum Gasteiger partial charge on any atom is -0.367 e. The van der Waals surface area contributed by atoms with Crippen LogP contribution in [0.4, 0.5) is 24.8 Å². The molecule has 0 radical (unpaired) electrons. The highest BCUT2D eigenvalue weighted by Crippen LogP contribution is 2.19. The van der Waals surface area contributed by atoms with Crippen LogP contribution in [-0.2, 0) is 0 Å². The van der Waals surface area contributed by atoms with Gasteiger partial charge in [0.25, 0.3) is 5.91 Å². The van der Waals surface area contributed by atoms with Crippen molar-refractivity contribution in [3.8, 4) is 0 Å². The van der Waals surface area contributed by atoms with E-state index in [-0.39, 0.29) is 24.3 Å². The molecule has 3 rings (SSSR count). The van der Waals surface area contributed by atoms with Crippen LogP contribution in [0.25, 0.3) is 0 Å². The van der Waals surface area contributed by atoms with Crippen LogP contribution in [0.15, 0.2) is 30.3 Å². The van der Waals surface area contributed by atoms with Crippen LogP contribution in [0.5, 0.6) is 0 Å². The molecule has 0 unspecified atom stereocenters. The SMILES string of the molecule is CN1CCC(Nc2cccc(NC(=O)c3ccc(F)c(F)c3F)n2)CC1.Cl. The van der Waals surface area contributed by atoms with Crippen molar-refractivity contribution in [1.82, 2.24) is 9.88 Å². The Balaban J connectivity index is 0.00000261. The molecule has 1 aliphatic heterocycles. The van der Waals surface area contributed by atoms with Gasteiger partial charge < -0.3 is 15.5 Å². The molecule has 1 amide bonds. The molecule has 0 bridgehead atoms. The van der Waals surface area contributed by atoms with E-state index in [1.807, 2.05) is 0 Å². The summed E-state index contributed by atoms with van der Waals surface area (Å²) in [6.07, 6.45) is 1.96. The van der Waals surface area contributed by atoms with Crippen molar-refractivity contribution in [3.63, 3.8) is 0 Å². The monoisotopic (exact) mass is 400 g/mol. The summed E-state index contributed by atoms with van der Waals surface area (Å²) in [5.41, 5.74) is -0.584. The summed E-state index contributed by atoms with van der Waals surface area (Å²) in [6.45, 7) is 1.98. The van der Waals surface area contributed by atoms with Crippen LogP contribution < -0.4 is 10.6 Å². The number of benzene rings is 1. The van der Waals surface area contributed by atoms with Gasteiger partial charge in [0.2, 0.25) is 0 Å². The number of aromatic nitrogens is 1. The Labute approximate surface area is 161 Å². The molecule has 2 heterocycles. The molecule has 146 valence electrons. The van der Waals surface area contributed by atoms with Gasteiger partial charge in [0.05, 0.1) is 5.56 Å². The van der Waals surface area contributed by atoms with Crippen LogP contribution in [0, 0.1) is 17.5 Å². The zero-order valence-corrected chi connectivity index (χ0v) is 15.5. The number of hydrogen-bond donors (Lipinski definition) is 2. The quantitative estimate of drug-likeness (QED) is 0.769. The maximum Gasteiger partial charge on any atom is 0.259 e. The zero-order chi connectivity index (χ0) is 18.7. The highest BCUT2D eigenvalue weighted by molar-refractivity contribution is 6.04. The molecule has 0 saturated carbocycles. The molecule has 1 aromatic carbocycles. The van der Waals surface area contributed by atoms with Crippen molar-refractivity contribution in [1.29, 1.82) is 0 Å². The molecule has 5 nitrogen and oxygen atoms in total. The maximum absolute atomic E-state index is 13.7. The summed E-state index contributed by atoms with van der Waals surface area (Å²) < 4.78 is 40.0. The molecule has 27 heavy (non-hydrogen) atoms. The number of likely N-dealkylation sites (tertiary alicyclic amines) is 1. The highest BCUT2D eigenvalue weighted by Gasteiger charge is 2.20. The van der Waals surface area contributed by atoms with Gasteiger partial charge in [-0.1, -0.05) is 6.07 Å². The number of hydrogen-bond acceptors (Lipinski definition) is 4. The molecule has 1 aliphatic rings. The van der Waals surface area contributed by atoms with Crippen LogP contribution in [-0.4, -0.2) is 42.0 Å². The topological polar surface area (TPSA) is 57.3 Å². The van der Waals surface area contributed by atoms with E-state index in [1.165, 1.54) is 6.07 Å². The number of amides is 1. The molecule has 0 aliphatic carbocycles. The summed E-state index contributed by atoms with van der Waals surface area (Å²) in [5, 5.41) is 5.71. The molecule has 1 aromatic heterocycles. The van der Waals surface area contributed by atoms with Crippen molar-refractivity contribution in [2.24, 2.45) is 0 Å². The Bertz CT molecular complexity index is 813. The lowest BCUT2D eigenvalue weighted by Crippen LogP contribution is -2.36. The number of carbonyl (C=O) groups excluding carboxylic acids is 1. The van der Waals surface area contributed by atoms with Gasteiger partial charge in [-0.3, -0.25) is 4.79 Å². The van der Waals surface area contributed by atoms with Crippen LogP contribution >= 0.6 is 12.4 Å². The maximum atomic E-state index is 13.7. The minimum absolute atomic E-state index is 0. The second-order valence-corrected chi connectivity index (χ2v) is 6.31. The lowest BCUT2D eigenvalue weighted by Gasteiger charge is -2.29. The smallest absolute Gasteiger partial charge is 0.259 e. The number of anilines is 2. The number of nitrogens with one attached hydrogen (secondary N) is 2. The molecule has 0 spiro atoms. The fraction of sp³-hybridized carbons (Fsp3) is 0.333. The molecule has 2 N–H and O–H groups in total. The van der Waals surface area contributed by atoms with E-state index in [2.05, 4.69) is 27.6 Å². The third-order valence-electron chi connectivity index (χ3n) is 4.34. The number of rotatable bonds is 4. The van der Waals surface area contributed by atoms with Gasteiger partial charge in [0.15, 0.2) is 17.5 Å². The molecule has 1 fully saturated rings. The number of piperidine rings is 1. The van der Waals surface area contributed by atoms with E-state index in [9.17, 15) is 18.0 Å². The Morgan fingerprint density at radius 3 is 2.44 bits per heavy atom. The highest BCUT2D eigenvalue weighted by atomic mass is 35.5. The van der Waals surface area contributed by atoms with Gasteiger partial charge in [-0.25, -0.2) is 18.2 Å². The van der Waals surface area contributed by atoms with Crippen molar-refractivity contribution < 1.29 is 18.0 Å². The average molecular weight is 401 g/mol. The second-order valence-electron chi connectivity index (χ2n) is 6.31. The number of halogens is 4. The fourth-order valence-electron chi connectivity index (χ4n) is 2.83. The Kier molecular flexibility index (Phi) is 7.04. The number of carbonyl (C=O) groups is 1. The first kappa shape index (κ1) is 21.0. The summed E-state index contributed by atoms with van der Waals surface area (Å²) in [5.74, 6) is -4.67. The van der Waals surface area contributed by atoms with E-state index in [1.54, 1.807) is 12.1 Å². The van der Waals surface area contributed by atoms with E-state index < -0.39 is 28.9 Å². The van der Waals surface area contributed by atoms with Gasteiger partial charge in [-0.05, 0) is 57.2 Å². The standard InChI is InChI=1S/C18H19F3N4O.ClH/c1-25-9-7-11(8-10-25)22-14-3-2-4-15(23-14)24-18(26)12-5-6-13(19)17(21)16(12)20;/h2-6,11H,7-10H2,1H3,(H2,22,23,24,26);1H. The van der Waals surface area contributed by atoms with Crippen molar-refractivity contribution >= 4 is 29.9 Å². The first-order valence-corrected chi connectivity index (χ1v) is 8.31. The zero-order valence-electron chi connectivity index (χ0n) is 14.6. The summed E-state index contributed by atoms with van der Waals surface area (Å²) in [6, 6.07) is 6.89. The summed E-state index contributed by atoms with van der Waals surface area (Å²) >= 11 is 0. The molecule has 2 aromatic rings. The van der Waals surface area contributed by atoms with Crippen LogP contribution in [0.3, 0.4) is 0 Å². The van der Waals surface area contributed by atoms with Crippen molar-refractivity contribution in [2.75, 3.05) is 30.8 Å². The Morgan fingerprint density at radius 2 is 1.74 bits per heavy atom. The van der Waals surface area contributed by atoms with Gasteiger partial charge in [0, 0.05) is 6.04 Å². The van der Waals surface area contributed by atoms with Gasteiger partial charge in [-0.15, -0.1) is 12.4 Å². The van der Waals surface area contributed by atoms with E-state index in [0.29, 0.717) is 11.9 Å². The molecule has 0 atom stereocenters. The number of pyridine rings is 1. The fourth-order valence-corrected chi connectivity index (χ4v) is 2.83. The van der Waals surface area contributed by atoms with E-state index in [0.717, 1.165) is 32.0 Å². The summed E-state index contributed by atoms with van der Waals surface area (Å²) in [4.78, 5) is 18.7. The van der Waals surface area contributed by atoms with E-state index >= 15 is 0 Å². The molecule has 9 heteroatoms. The average Bonchev–Trinajstić information content (AvgIpc) is 2.62. The molecular weight excluding hydrogens is 381 g/mol. The third-order valence-corrected chi connectivity index (χ3v) is 4.34. The first-order chi connectivity index (χ1) is 12.4. The first-order valence-electron chi connectivity index (χ1n) is 8.31. The molecular formula is C18H20ClF3N4O. The third kappa shape index (κ3) is 5.11. The number of nitrogens with zero attached hydrogens (tertiary/aromatic N) is 2.